The van der Waals surface area contributed by atoms with E-state index in [9.17, 15) is 9.59 Å². The Morgan fingerprint density at radius 1 is 1.12 bits per heavy atom. The first-order valence-electron chi connectivity index (χ1n) is 10.5. The molecule has 180 valence electrons. The highest BCUT2D eigenvalue weighted by Crippen LogP contribution is 2.30. The second-order valence-corrected chi connectivity index (χ2v) is 8.27. The van der Waals surface area contributed by atoms with Gasteiger partial charge in [0.1, 0.15) is 0 Å². The minimum atomic E-state index is -1.03. The normalized spacial score (nSPS) is 19.1. The molecule has 2 heterocycles. The fourth-order valence-corrected chi connectivity index (χ4v) is 3.75. The second-order valence-electron chi connectivity index (χ2n) is 7.45. The minimum Gasteiger partial charge on any atom is -0.481 e. The molecule has 0 unspecified atom stereocenters. The fraction of sp³-hybridized carbons (Fsp3) is 0.409. The van der Waals surface area contributed by atoms with Crippen LogP contribution in [0.2, 0.25) is 10.0 Å². The van der Waals surface area contributed by atoms with Crippen LogP contribution in [0.15, 0.2) is 46.0 Å². The average molecular weight is 499 g/mol. The van der Waals surface area contributed by atoms with Gasteiger partial charge in [-0.3, -0.25) is 9.79 Å². The number of benzene rings is 1. The van der Waals surface area contributed by atoms with Gasteiger partial charge in [0.25, 0.3) is 0 Å². The average Bonchev–Trinajstić information content (AvgIpc) is 3.52. The number of carbonyl (C=O) groups is 2. The Bertz CT molecular complexity index is 909. The Morgan fingerprint density at radius 2 is 1.79 bits per heavy atom. The third kappa shape index (κ3) is 8.95. The largest absolute Gasteiger partial charge is 0.481 e. The van der Waals surface area contributed by atoms with Crippen molar-refractivity contribution in [3.63, 3.8) is 0 Å². The van der Waals surface area contributed by atoms with Gasteiger partial charge in [0, 0.05) is 6.54 Å². The quantitative estimate of drug-likeness (QED) is 0.421. The highest BCUT2D eigenvalue weighted by atomic mass is 35.5. The smallest absolute Gasteiger partial charge is 0.371 e. The van der Waals surface area contributed by atoms with Crippen LogP contribution in [-0.4, -0.2) is 47.7 Å². The summed E-state index contributed by atoms with van der Waals surface area (Å²) < 4.78 is 4.50. The maximum Gasteiger partial charge on any atom is 0.371 e. The second kappa shape index (κ2) is 13.7. The standard InChI is InChI=1S/C9H9Cl2N3.C8H15NO2.C5H4O3/c10-6-2-1-3-7(11)8(6)14-9-12-4-5-13-9;9-5-6-1-3-7(4-2-6)8(10)11;6-5(7)4-2-1-3-8-4/h1-3H,4-5H2,(H2,12,13,14);6-7H,1-5,9H2,(H,10,11);1-3H,(H,6,7). The van der Waals surface area contributed by atoms with Gasteiger partial charge in [-0.25, -0.2) is 4.79 Å². The molecule has 1 fully saturated rings. The van der Waals surface area contributed by atoms with Gasteiger partial charge in [-0.05, 0) is 62.4 Å². The van der Waals surface area contributed by atoms with E-state index in [4.69, 9.17) is 39.1 Å². The zero-order chi connectivity index (χ0) is 24.2. The molecule has 9 nitrogen and oxygen atoms in total. The predicted octanol–water partition coefficient (Wildman–Crippen LogP) is 4.18. The van der Waals surface area contributed by atoms with Crippen LogP contribution in [0.25, 0.3) is 0 Å². The number of hydrogen-bond acceptors (Lipinski definition) is 7. The molecule has 0 amide bonds. The molecule has 2 aliphatic rings. The van der Waals surface area contributed by atoms with Crippen LogP contribution in [0, 0.1) is 11.8 Å². The number of aromatic carboxylic acids is 1. The van der Waals surface area contributed by atoms with Crippen LogP contribution in [0.4, 0.5) is 5.69 Å². The molecule has 4 rings (SSSR count). The number of anilines is 1. The molecule has 1 aromatic carbocycles. The molecule has 1 aliphatic heterocycles. The van der Waals surface area contributed by atoms with Crippen molar-refractivity contribution in [3.05, 3.63) is 52.4 Å². The molecule has 0 saturated heterocycles. The summed E-state index contributed by atoms with van der Waals surface area (Å²) in [6.07, 6.45) is 4.94. The number of nitrogens with one attached hydrogen (secondary N) is 2. The van der Waals surface area contributed by atoms with Gasteiger partial charge < -0.3 is 31.0 Å². The lowest BCUT2D eigenvalue weighted by atomic mass is 9.82. The van der Waals surface area contributed by atoms with Crippen molar-refractivity contribution in [2.24, 2.45) is 22.6 Å². The van der Waals surface area contributed by atoms with Crippen molar-refractivity contribution < 1.29 is 24.2 Å². The fourth-order valence-electron chi connectivity index (χ4n) is 3.26. The van der Waals surface area contributed by atoms with Crippen molar-refractivity contribution in [2.75, 3.05) is 25.0 Å². The van der Waals surface area contributed by atoms with E-state index in [1.807, 2.05) is 0 Å². The predicted molar refractivity (Wildman–Crippen MR) is 128 cm³/mol. The van der Waals surface area contributed by atoms with Crippen molar-refractivity contribution in [3.8, 4) is 0 Å². The first kappa shape index (κ1) is 26.5. The first-order valence-corrected chi connectivity index (χ1v) is 11.3. The number of aliphatic imine (C=N–C) groups is 1. The lowest BCUT2D eigenvalue weighted by Crippen LogP contribution is -2.26. The van der Waals surface area contributed by atoms with Gasteiger partial charge in [-0.2, -0.15) is 0 Å². The summed E-state index contributed by atoms with van der Waals surface area (Å²) in [6, 6.07) is 8.29. The zero-order valence-electron chi connectivity index (χ0n) is 18.0. The van der Waals surface area contributed by atoms with E-state index in [2.05, 4.69) is 20.0 Å². The van der Waals surface area contributed by atoms with Crippen molar-refractivity contribution in [1.82, 2.24) is 5.32 Å². The third-order valence-electron chi connectivity index (χ3n) is 5.14. The van der Waals surface area contributed by atoms with Crippen molar-refractivity contribution in [1.29, 1.82) is 0 Å². The summed E-state index contributed by atoms with van der Waals surface area (Å²) in [4.78, 5) is 24.7. The van der Waals surface area contributed by atoms with Gasteiger partial charge >= 0.3 is 11.9 Å². The number of nitrogens with zero attached hydrogens (tertiary/aromatic N) is 1. The summed E-state index contributed by atoms with van der Waals surface area (Å²) in [7, 11) is 0. The molecule has 11 heteroatoms. The van der Waals surface area contributed by atoms with Gasteiger partial charge in [0.2, 0.25) is 5.76 Å². The van der Waals surface area contributed by atoms with Crippen LogP contribution in [-0.2, 0) is 4.79 Å². The van der Waals surface area contributed by atoms with E-state index in [1.165, 1.54) is 18.4 Å². The van der Waals surface area contributed by atoms with E-state index in [0.29, 0.717) is 28.2 Å². The SMILES string of the molecule is Clc1cccc(Cl)c1NC1=NCCN1.NCC1CCC(C(=O)O)CC1.O=C(O)c1ccco1. The molecular formula is C22H28Cl2N4O5. The van der Waals surface area contributed by atoms with Gasteiger partial charge in [-0.15, -0.1) is 0 Å². The molecule has 0 atom stereocenters. The number of rotatable bonds is 4. The molecule has 1 aromatic heterocycles. The molecule has 0 bridgehead atoms. The Hall–Kier alpha value is -2.75. The monoisotopic (exact) mass is 498 g/mol. The summed E-state index contributed by atoms with van der Waals surface area (Å²) in [6.45, 7) is 2.35. The first-order chi connectivity index (χ1) is 15.8. The van der Waals surface area contributed by atoms with Gasteiger partial charge in [-0.1, -0.05) is 29.3 Å². The van der Waals surface area contributed by atoms with E-state index >= 15 is 0 Å². The van der Waals surface area contributed by atoms with E-state index in [-0.39, 0.29) is 11.7 Å². The number of hydrogen-bond donors (Lipinski definition) is 5. The van der Waals surface area contributed by atoms with E-state index < -0.39 is 11.9 Å². The molecule has 2 aromatic rings. The Balaban J connectivity index is 0.000000182. The number of carboxylic acids is 2. The molecule has 1 saturated carbocycles. The van der Waals surface area contributed by atoms with Crippen LogP contribution in [0.1, 0.15) is 36.2 Å². The molecule has 6 N–H and O–H groups in total. The van der Waals surface area contributed by atoms with Crippen LogP contribution in [0.3, 0.4) is 0 Å². The maximum atomic E-state index is 10.5. The number of nitrogens with two attached hydrogens (primary N) is 1. The lowest BCUT2D eigenvalue weighted by molar-refractivity contribution is -0.143. The molecule has 1 aliphatic carbocycles. The number of para-hydroxylation sites is 1. The molecular weight excluding hydrogens is 471 g/mol. The van der Waals surface area contributed by atoms with Crippen molar-refractivity contribution >= 4 is 46.8 Å². The molecule has 33 heavy (non-hydrogen) atoms. The number of halogens is 2. The van der Waals surface area contributed by atoms with Crippen LogP contribution >= 0.6 is 23.2 Å². The molecule has 0 radical (unpaired) electrons. The van der Waals surface area contributed by atoms with E-state index in [1.54, 1.807) is 18.2 Å². The summed E-state index contributed by atoms with van der Waals surface area (Å²) in [5, 5.41) is 24.2. The highest BCUT2D eigenvalue weighted by Gasteiger charge is 2.24. The Kier molecular flexibility index (Phi) is 11.0. The Morgan fingerprint density at radius 3 is 2.21 bits per heavy atom. The van der Waals surface area contributed by atoms with Gasteiger partial charge in [0.15, 0.2) is 5.96 Å². The number of furan rings is 1. The third-order valence-corrected chi connectivity index (χ3v) is 5.77. The Labute approximate surface area is 202 Å². The summed E-state index contributed by atoms with van der Waals surface area (Å²) in [5.74, 6) is -0.496. The van der Waals surface area contributed by atoms with Crippen molar-refractivity contribution in [2.45, 2.75) is 25.7 Å². The van der Waals surface area contributed by atoms with Gasteiger partial charge in [0.05, 0.1) is 34.5 Å². The summed E-state index contributed by atoms with van der Waals surface area (Å²) in [5.41, 5.74) is 6.18. The van der Waals surface area contributed by atoms with E-state index in [0.717, 1.165) is 44.7 Å². The summed E-state index contributed by atoms with van der Waals surface area (Å²) >= 11 is 12.0. The maximum absolute atomic E-state index is 10.5. The van der Waals surface area contributed by atoms with Crippen LogP contribution in [0.5, 0.6) is 0 Å². The number of guanidine groups is 1. The highest BCUT2D eigenvalue weighted by molar-refractivity contribution is 6.39. The zero-order valence-corrected chi connectivity index (χ0v) is 19.5. The topological polar surface area (TPSA) is 150 Å². The van der Waals surface area contributed by atoms with Crippen LogP contribution < -0.4 is 16.4 Å². The minimum absolute atomic E-state index is 0.0231. The number of carboxylic acid groups (broad SMARTS) is 2. The number of aliphatic carboxylic acids is 1. The molecule has 0 spiro atoms. The lowest BCUT2D eigenvalue weighted by Gasteiger charge is -2.24.